The van der Waals surface area contributed by atoms with Crippen molar-refractivity contribution in [3.8, 4) is 23.1 Å². The molecule has 150 heavy (non-hydrogen) atoms. The summed E-state index contributed by atoms with van der Waals surface area (Å²) < 4.78 is 35.0. The summed E-state index contributed by atoms with van der Waals surface area (Å²) in [5, 5.41) is 35.1. The van der Waals surface area contributed by atoms with Crippen LogP contribution in [0.1, 0.15) is 272 Å². The minimum Gasteiger partial charge on any atom is -0.491 e. The maximum atomic E-state index is 12.9. The molecule has 13 aromatic rings. The van der Waals surface area contributed by atoms with Gasteiger partial charge in [-0.2, -0.15) is 31.8 Å². The van der Waals surface area contributed by atoms with Gasteiger partial charge in [0.2, 0.25) is 30.8 Å². The molecular formula is C107H126N24O13S6. The molecule has 0 unspecified atom stereocenters. The molecule has 0 spiro atoms. The number of benzene rings is 7. The Morgan fingerprint density at radius 3 is 0.980 bits per heavy atom. The number of carbonyl (C=O) groups excluding carboxylic acids is 11. The van der Waals surface area contributed by atoms with E-state index < -0.39 is 30.2 Å². The number of methoxy groups -OCH3 is 1. The second-order valence-electron chi connectivity index (χ2n) is 37.9. The first-order chi connectivity index (χ1) is 72.2. The molecule has 5 aliphatic rings. The van der Waals surface area contributed by atoms with Crippen molar-refractivity contribution in [3.63, 3.8) is 0 Å². The SMILES string of the molecule is CCc1nsc(NC(=O)Nc2ccc(C)cc2C(=O)C2CCCC2)n1.COc1nsc(NC(=O)Nc2ccc(C)cc2C(=O)C2CCCC2)n1.Cc1ccc(NC(=O)Nc2nc(-c3ccccc3)ns2)c(C(=O)C2CCCC2)c1.Cc1ccc(NC(=O)Nc2nc(C(C)C)ns2)c(C(=O)C2CCCC2)c1.Cc1ccc(NC(=O)Nc2nc(C)ns2)c(C(=O)C2CCCC2)c1.Cc1ccc(NC(=O)Nc2ncns2)c(OCC(C)C)c1. The standard InChI is InChI=1S/C22H22N4O2S.C19H24N4O2S.C18H22N4O2S.C17H20N4O3S.C17H20N4O2S.C14H18N4O2S/c1-14-11-12-18(17(13-14)19(27)15-7-5-6-8-15)23-21(28)25-22-24-20(26-29-22)16-9-3-2-4-10-16;1-11(2)17-21-19(26-23-17)22-18(25)20-15-9-8-12(3)10-14(15)16(24)13-6-4-5-7-13;1-3-15-20-18(25-22-15)21-17(24)19-14-9-8-11(2)10-13(14)16(23)12-6-4-5-7-12;1-10-7-8-13(12(9-10)14(22)11-5-3-4-6-11)18-15(23)19-17-20-16(24-2)21-25-17;1-10-7-8-14(13(9-10)15(22)12-5-3-4-6-12)19-16(23)20-17-18-11(2)21-24-17;1-9(2)7-20-12-6-10(3)4-5-11(12)17-13(19)18-14-15-8-16-21-14/h2-4,9-13,15H,5-8H2,1H3,(H2,23,24,25,26,28);8-11,13H,4-7H2,1-3H3,(H2,20,21,22,23,25);8-10,12H,3-7H2,1-2H3,(H2,19,20,21,22,24);7-9,11H,3-6H2,1-2H3,(H2,18,19,20,21,23);7-9,12H,3-6H2,1-2H3,(H2,18,19,20,21,23);4-6,8-9H,7H2,1-3H3,(H2,15,16,17,18,19). The summed E-state index contributed by atoms with van der Waals surface area (Å²) >= 11 is 6.67. The second kappa shape index (κ2) is 55.7. The topological polar surface area (TPSA) is 505 Å². The van der Waals surface area contributed by atoms with Crippen LogP contribution in [0.2, 0.25) is 0 Å². The summed E-state index contributed by atoms with van der Waals surface area (Å²) in [4.78, 5) is 162. The number of ketones is 5. The highest BCUT2D eigenvalue weighted by atomic mass is 32.1. The fourth-order valence-electron chi connectivity index (χ4n) is 17.4. The average molecular weight is 2150 g/mol. The molecule has 12 N–H and O–H groups in total. The van der Waals surface area contributed by atoms with Gasteiger partial charge in [0.05, 0.1) is 47.8 Å². The lowest BCUT2D eigenvalue weighted by atomic mass is 9.94. The van der Waals surface area contributed by atoms with Crippen LogP contribution in [-0.2, 0) is 6.42 Å². The number of hydrogen-bond donors (Lipinski definition) is 12. The number of hydrogen-bond acceptors (Lipinski definition) is 31. The summed E-state index contributed by atoms with van der Waals surface area (Å²) in [5.74, 6) is 4.78. The number of nitrogens with zero attached hydrogens (tertiary/aromatic N) is 12. The lowest BCUT2D eigenvalue weighted by molar-refractivity contribution is 0.0916. The highest BCUT2D eigenvalue weighted by molar-refractivity contribution is 7.11. The Hall–Kier alpha value is -14.5. The molecule has 0 saturated heterocycles. The highest BCUT2D eigenvalue weighted by Gasteiger charge is 2.33. The predicted octanol–water partition coefficient (Wildman–Crippen LogP) is 26.5. The smallest absolute Gasteiger partial charge is 0.329 e. The normalized spacial score (nSPS) is 13.8. The average Bonchev–Trinajstić information content (AvgIpc) is 1.56. The maximum Gasteiger partial charge on any atom is 0.329 e. The van der Waals surface area contributed by atoms with Crippen LogP contribution in [0.4, 0.5) is 93.7 Å². The van der Waals surface area contributed by atoms with Crippen molar-refractivity contribution in [2.24, 2.45) is 35.5 Å². The molecule has 0 atom stereocenters. The third-order valence-electron chi connectivity index (χ3n) is 25.0. The number of nitrogens with one attached hydrogen (secondary N) is 12. The van der Waals surface area contributed by atoms with Gasteiger partial charge in [0.1, 0.15) is 29.6 Å². The molecule has 43 heteroatoms. The van der Waals surface area contributed by atoms with E-state index in [2.05, 4.69) is 134 Å². The molecule has 12 amide bonds. The van der Waals surface area contributed by atoms with E-state index in [1.165, 1.54) is 13.4 Å². The number of amides is 12. The van der Waals surface area contributed by atoms with E-state index in [1.807, 2.05) is 172 Å². The molecule has 5 aliphatic carbocycles. The zero-order valence-electron chi connectivity index (χ0n) is 86.1. The Labute approximate surface area is 895 Å². The number of urea groups is 6. The first-order valence-corrected chi connectivity index (χ1v) is 54.8. The molecule has 788 valence electrons. The Morgan fingerprint density at radius 1 is 0.333 bits per heavy atom. The summed E-state index contributed by atoms with van der Waals surface area (Å²) in [6.45, 7) is 24.2. The lowest BCUT2D eigenvalue weighted by Gasteiger charge is -2.14. The van der Waals surface area contributed by atoms with Gasteiger partial charge in [-0.05, 0) is 197 Å². The van der Waals surface area contributed by atoms with Gasteiger partial charge >= 0.3 is 42.2 Å². The first kappa shape index (κ1) is 113. The second-order valence-corrected chi connectivity index (χ2v) is 42.4. The van der Waals surface area contributed by atoms with Gasteiger partial charge in [0.25, 0.3) is 0 Å². The monoisotopic (exact) mass is 2150 g/mol. The van der Waals surface area contributed by atoms with Gasteiger partial charge < -0.3 is 41.4 Å². The Kier molecular flexibility index (Phi) is 41.8. The van der Waals surface area contributed by atoms with Crippen LogP contribution in [0.15, 0.2) is 146 Å². The van der Waals surface area contributed by atoms with Crippen LogP contribution in [0.25, 0.3) is 11.4 Å². The predicted molar refractivity (Wildman–Crippen MR) is 594 cm³/mol. The lowest BCUT2D eigenvalue weighted by Crippen LogP contribution is -2.22. The molecule has 0 radical (unpaired) electrons. The van der Waals surface area contributed by atoms with E-state index in [0.29, 0.717) is 134 Å². The minimum atomic E-state index is -0.469. The molecule has 0 bridgehead atoms. The third-order valence-corrected chi connectivity index (χ3v) is 28.9. The van der Waals surface area contributed by atoms with Crippen LogP contribution in [0.5, 0.6) is 11.8 Å². The minimum absolute atomic E-state index is 0.0528. The number of aromatic nitrogens is 12. The van der Waals surface area contributed by atoms with E-state index in [-0.39, 0.29) is 76.5 Å². The molecule has 7 aromatic carbocycles. The molecular weight excluding hydrogens is 2020 g/mol. The Bertz CT molecular complexity index is 6700. The van der Waals surface area contributed by atoms with Gasteiger partial charge in [0, 0.05) is 145 Å². The van der Waals surface area contributed by atoms with Crippen molar-refractivity contribution in [2.45, 2.75) is 224 Å². The van der Waals surface area contributed by atoms with Crippen LogP contribution in [-0.4, -0.2) is 135 Å². The van der Waals surface area contributed by atoms with Crippen molar-refractivity contribution in [2.75, 3.05) is 77.5 Å². The number of aryl methyl sites for hydroxylation is 8. The largest absolute Gasteiger partial charge is 0.491 e. The van der Waals surface area contributed by atoms with Gasteiger partial charge in [-0.15, -0.1) is 4.37 Å². The maximum absolute atomic E-state index is 12.9. The van der Waals surface area contributed by atoms with Gasteiger partial charge in [-0.25, -0.2) is 48.7 Å². The highest BCUT2D eigenvalue weighted by Crippen LogP contribution is 2.39. The van der Waals surface area contributed by atoms with E-state index >= 15 is 0 Å². The molecule has 5 saturated carbocycles. The molecule has 0 aliphatic heterocycles. The zero-order chi connectivity index (χ0) is 107. The number of ether oxygens (including phenoxy) is 2. The van der Waals surface area contributed by atoms with Gasteiger partial charge in [0.15, 0.2) is 34.7 Å². The molecule has 37 nitrogen and oxygen atoms in total. The van der Waals surface area contributed by atoms with Crippen molar-refractivity contribution in [1.29, 1.82) is 0 Å². The third kappa shape index (κ3) is 33.7. The number of anilines is 12. The molecule has 18 rings (SSSR count). The van der Waals surface area contributed by atoms with Crippen molar-refractivity contribution in [3.05, 3.63) is 225 Å². The van der Waals surface area contributed by atoms with E-state index in [0.717, 1.165) is 243 Å². The number of Topliss-reactive ketones (excluding diaryl/α,β-unsaturated/α-hetero) is 5. The van der Waals surface area contributed by atoms with Crippen molar-refractivity contribution in [1.82, 2.24) is 56.1 Å². The van der Waals surface area contributed by atoms with Crippen LogP contribution in [0, 0.1) is 84.0 Å². The van der Waals surface area contributed by atoms with E-state index in [9.17, 15) is 52.7 Å². The Balaban J connectivity index is 0.000000150. The Morgan fingerprint density at radius 2 is 0.653 bits per heavy atom. The molecule has 6 aromatic heterocycles. The zero-order valence-corrected chi connectivity index (χ0v) is 91.0. The number of rotatable bonds is 29. The van der Waals surface area contributed by atoms with Crippen LogP contribution >= 0.6 is 69.2 Å². The molecule has 6 heterocycles. The van der Waals surface area contributed by atoms with E-state index in [4.69, 9.17) is 9.47 Å². The van der Waals surface area contributed by atoms with Crippen LogP contribution in [0.3, 0.4) is 0 Å². The summed E-state index contributed by atoms with van der Waals surface area (Å²) in [7, 11) is 1.46. The first-order valence-electron chi connectivity index (χ1n) is 50.2. The molecule has 5 fully saturated rings. The summed E-state index contributed by atoms with van der Waals surface area (Å²) in [5.41, 5.74) is 13.2. The quantitative estimate of drug-likeness (QED) is 0.0194. The summed E-state index contributed by atoms with van der Waals surface area (Å²) in [6, 6.07) is 40.5. The van der Waals surface area contributed by atoms with Crippen molar-refractivity contribution >= 4 is 199 Å². The van der Waals surface area contributed by atoms with Crippen molar-refractivity contribution < 1.29 is 62.2 Å². The van der Waals surface area contributed by atoms with Crippen LogP contribution < -0.4 is 73.3 Å². The van der Waals surface area contributed by atoms with E-state index in [1.54, 1.807) is 37.3 Å². The van der Waals surface area contributed by atoms with Gasteiger partial charge in [-0.1, -0.05) is 193 Å². The number of carbonyl (C=O) groups is 11. The fourth-order valence-corrected chi connectivity index (χ4v) is 20.8. The summed E-state index contributed by atoms with van der Waals surface area (Å²) in [6.07, 6.45) is 22.3. The fraction of sp³-hybridized carbons (Fsp3) is 0.393. The van der Waals surface area contributed by atoms with Gasteiger partial charge in [-0.3, -0.25) is 55.9 Å².